The quantitative estimate of drug-likeness (QED) is 0.859. The largest absolute Gasteiger partial charge is 0.378 e. The molecule has 0 spiro atoms. The van der Waals surface area contributed by atoms with Crippen LogP contribution in [0, 0.1) is 5.82 Å². The molecule has 1 saturated heterocycles. The lowest BCUT2D eigenvalue weighted by molar-refractivity contribution is 0.177. The van der Waals surface area contributed by atoms with Crippen molar-refractivity contribution in [2.75, 3.05) is 31.5 Å². The van der Waals surface area contributed by atoms with Gasteiger partial charge in [0.1, 0.15) is 5.82 Å². The summed E-state index contributed by atoms with van der Waals surface area (Å²) in [4.78, 5) is 2.49. The van der Waals surface area contributed by atoms with Crippen molar-refractivity contribution in [1.82, 2.24) is 4.90 Å². The first-order chi connectivity index (χ1) is 9.17. The molecule has 0 bridgehead atoms. The van der Waals surface area contributed by atoms with E-state index in [0.29, 0.717) is 6.54 Å². The minimum atomic E-state index is -0.204. The molecule has 0 unspecified atom stereocenters. The van der Waals surface area contributed by atoms with E-state index in [2.05, 4.69) is 17.1 Å². The van der Waals surface area contributed by atoms with E-state index in [-0.39, 0.29) is 11.4 Å². The fourth-order valence-corrected chi connectivity index (χ4v) is 2.74. The van der Waals surface area contributed by atoms with Gasteiger partial charge in [-0.15, -0.1) is 0 Å². The van der Waals surface area contributed by atoms with Crippen LogP contribution in [0.4, 0.5) is 10.1 Å². The van der Waals surface area contributed by atoms with E-state index in [4.69, 9.17) is 5.73 Å². The van der Waals surface area contributed by atoms with Gasteiger partial charge in [0.15, 0.2) is 0 Å². The Morgan fingerprint density at radius 3 is 2.42 bits per heavy atom. The molecule has 106 valence electrons. The Kier molecular flexibility index (Phi) is 4.77. The number of hydrogen-bond acceptors (Lipinski definition) is 3. The first-order valence-electron chi connectivity index (χ1n) is 7.14. The summed E-state index contributed by atoms with van der Waals surface area (Å²) in [7, 11) is 0. The average Bonchev–Trinajstić information content (AvgIpc) is 2.44. The molecule has 1 fully saturated rings. The van der Waals surface area contributed by atoms with E-state index in [0.717, 1.165) is 38.2 Å². The second-order valence-electron chi connectivity index (χ2n) is 5.46. The molecule has 3 nitrogen and oxygen atoms in total. The van der Waals surface area contributed by atoms with E-state index in [1.165, 1.54) is 18.6 Å². The molecular formula is C15H24FN3. The van der Waals surface area contributed by atoms with E-state index >= 15 is 0 Å². The molecule has 1 aliphatic rings. The summed E-state index contributed by atoms with van der Waals surface area (Å²) in [5.74, 6) is -0.204. The van der Waals surface area contributed by atoms with Crippen LogP contribution in [0.15, 0.2) is 24.3 Å². The van der Waals surface area contributed by atoms with Gasteiger partial charge in [0.25, 0.3) is 0 Å². The molecular weight excluding hydrogens is 241 g/mol. The zero-order chi connectivity index (χ0) is 13.7. The van der Waals surface area contributed by atoms with E-state index in [1.54, 1.807) is 12.1 Å². The Morgan fingerprint density at radius 1 is 1.26 bits per heavy atom. The lowest BCUT2D eigenvalue weighted by atomic mass is 9.87. The summed E-state index contributed by atoms with van der Waals surface area (Å²) < 4.78 is 12.9. The Bertz CT molecular complexity index is 383. The van der Waals surface area contributed by atoms with Crippen molar-refractivity contribution in [3.63, 3.8) is 0 Å². The van der Waals surface area contributed by atoms with Crippen LogP contribution in [-0.2, 0) is 0 Å². The maximum absolute atomic E-state index is 12.9. The van der Waals surface area contributed by atoms with Crippen molar-refractivity contribution >= 4 is 5.69 Å². The smallest absolute Gasteiger partial charge is 0.123 e. The molecule has 0 atom stereocenters. The van der Waals surface area contributed by atoms with Crippen LogP contribution in [-0.4, -0.2) is 36.6 Å². The van der Waals surface area contributed by atoms with Gasteiger partial charge in [-0.05, 0) is 50.1 Å². The van der Waals surface area contributed by atoms with Gasteiger partial charge < -0.3 is 16.0 Å². The highest BCUT2D eigenvalue weighted by Gasteiger charge is 2.32. The van der Waals surface area contributed by atoms with Crippen molar-refractivity contribution in [3.05, 3.63) is 30.1 Å². The number of rotatable bonds is 5. The van der Waals surface area contributed by atoms with Crippen LogP contribution in [0.2, 0.25) is 0 Å². The molecule has 0 aliphatic carbocycles. The minimum absolute atomic E-state index is 0.0396. The number of nitrogens with two attached hydrogens (primary N) is 1. The molecule has 3 N–H and O–H groups in total. The first kappa shape index (κ1) is 14.3. The van der Waals surface area contributed by atoms with E-state index in [1.807, 2.05) is 0 Å². The third-order valence-corrected chi connectivity index (χ3v) is 4.00. The molecule has 0 amide bonds. The standard InChI is InChI=1S/C15H24FN3/c1-2-9-19-10-7-15(12-17,8-11-19)18-14-5-3-13(16)4-6-14/h3-6,18H,2,7-12,17H2,1H3. The number of anilines is 1. The lowest BCUT2D eigenvalue weighted by Gasteiger charge is -2.42. The van der Waals surface area contributed by atoms with Gasteiger partial charge in [-0.1, -0.05) is 6.92 Å². The van der Waals surface area contributed by atoms with Gasteiger partial charge in [0, 0.05) is 25.3 Å². The van der Waals surface area contributed by atoms with Crippen molar-refractivity contribution in [3.8, 4) is 0 Å². The number of nitrogens with zero attached hydrogens (tertiary/aromatic N) is 1. The number of piperidine rings is 1. The van der Waals surface area contributed by atoms with Gasteiger partial charge in [0.05, 0.1) is 5.54 Å². The highest BCUT2D eigenvalue weighted by atomic mass is 19.1. The van der Waals surface area contributed by atoms with Crippen LogP contribution in [0.3, 0.4) is 0 Å². The van der Waals surface area contributed by atoms with E-state index in [9.17, 15) is 4.39 Å². The Morgan fingerprint density at radius 2 is 1.89 bits per heavy atom. The Labute approximate surface area is 115 Å². The second kappa shape index (κ2) is 6.35. The number of hydrogen-bond donors (Lipinski definition) is 2. The molecule has 0 radical (unpaired) electrons. The molecule has 1 aromatic carbocycles. The fourth-order valence-electron chi connectivity index (χ4n) is 2.74. The van der Waals surface area contributed by atoms with Crippen LogP contribution in [0.5, 0.6) is 0 Å². The summed E-state index contributed by atoms with van der Waals surface area (Å²) >= 11 is 0. The maximum Gasteiger partial charge on any atom is 0.123 e. The number of likely N-dealkylation sites (tertiary alicyclic amines) is 1. The van der Waals surface area contributed by atoms with E-state index < -0.39 is 0 Å². The molecule has 19 heavy (non-hydrogen) atoms. The second-order valence-corrected chi connectivity index (χ2v) is 5.46. The van der Waals surface area contributed by atoms with Crippen molar-refractivity contribution in [2.45, 2.75) is 31.7 Å². The highest BCUT2D eigenvalue weighted by Crippen LogP contribution is 2.26. The SMILES string of the molecule is CCCN1CCC(CN)(Nc2ccc(F)cc2)CC1. The van der Waals surface area contributed by atoms with Crippen LogP contribution >= 0.6 is 0 Å². The highest BCUT2D eigenvalue weighted by molar-refractivity contribution is 5.45. The molecule has 4 heteroatoms. The predicted octanol–water partition coefficient (Wildman–Crippen LogP) is 2.44. The minimum Gasteiger partial charge on any atom is -0.378 e. The topological polar surface area (TPSA) is 41.3 Å². The van der Waals surface area contributed by atoms with Crippen LogP contribution in [0.25, 0.3) is 0 Å². The molecule has 0 saturated carbocycles. The molecule has 1 heterocycles. The zero-order valence-electron chi connectivity index (χ0n) is 11.7. The lowest BCUT2D eigenvalue weighted by Crippen LogP contribution is -2.53. The summed E-state index contributed by atoms with van der Waals surface area (Å²) in [6.07, 6.45) is 3.28. The monoisotopic (exact) mass is 265 g/mol. The van der Waals surface area contributed by atoms with Crippen LogP contribution in [0.1, 0.15) is 26.2 Å². The predicted molar refractivity (Wildman–Crippen MR) is 77.8 cm³/mol. The Hall–Kier alpha value is -1.13. The Balaban J connectivity index is 1.98. The van der Waals surface area contributed by atoms with Gasteiger partial charge in [-0.2, -0.15) is 0 Å². The average molecular weight is 265 g/mol. The third kappa shape index (κ3) is 3.67. The molecule has 0 aromatic heterocycles. The van der Waals surface area contributed by atoms with Gasteiger partial charge >= 0.3 is 0 Å². The van der Waals surface area contributed by atoms with Gasteiger partial charge in [0.2, 0.25) is 0 Å². The number of nitrogens with one attached hydrogen (secondary N) is 1. The number of halogens is 1. The van der Waals surface area contributed by atoms with Gasteiger partial charge in [-0.25, -0.2) is 4.39 Å². The van der Waals surface area contributed by atoms with Crippen molar-refractivity contribution in [1.29, 1.82) is 0 Å². The molecule has 1 aromatic rings. The molecule has 2 rings (SSSR count). The van der Waals surface area contributed by atoms with Gasteiger partial charge in [-0.3, -0.25) is 0 Å². The zero-order valence-corrected chi connectivity index (χ0v) is 11.7. The van der Waals surface area contributed by atoms with Crippen molar-refractivity contribution < 1.29 is 4.39 Å². The summed E-state index contributed by atoms with van der Waals surface area (Å²) in [5, 5.41) is 3.52. The summed E-state index contributed by atoms with van der Waals surface area (Å²) in [6, 6.07) is 6.54. The number of benzene rings is 1. The first-order valence-corrected chi connectivity index (χ1v) is 7.14. The summed E-state index contributed by atoms with van der Waals surface area (Å²) in [6.45, 7) is 6.15. The third-order valence-electron chi connectivity index (χ3n) is 4.00. The van der Waals surface area contributed by atoms with Crippen LogP contribution < -0.4 is 11.1 Å². The maximum atomic E-state index is 12.9. The normalized spacial score (nSPS) is 19.3. The summed E-state index contributed by atoms with van der Waals surface area (Å²) in [5.41, 5.74) is 6.90. The van der Waals surface area contributed by atoms with Crippen molar-refractivity contribution in [2.24, 2.45) is 5.73 Å². The fraction of sp³-hybridized carbons (Fsp3) is 0.600. The molecule has 1 aliphatic heterocycles.